The number of likely N-dealkylation sites (tertiary alicyclic amines) is 1. The topological polar surface area (TPSA) is 58.4 Å². The number of urea groups is 1. The molecule has 1 saturated heterocycles. The predicted molar refractivity (Wildman–Crippen MR) is 74.2 cm³/mol. The summed E-state index contributed by atoms with van der Waals surface area (Å²) in [6.07, 6.45) is -3.76. The lowest BCUT2D eigenvalue weighted by Gasteiger charge is -2.18. The zero-order valence-electron chi connectivity index (χ0n) is 11.1. The summed E-state index contributed by atoms with van der Waals surface area (Å²) in [5.74, 6) is 0.242. The second-order valence-corrected chi connectivity index (χ2v) is 5.37. The Morgan fingerprint density at radius 3 is 2.76 bits per heavy atom. The molecule has 3 N–H and O–H groups in total. The molecule has 0 saturated carbocycles. The number of anilines is 1. The highest BCUT2D eigenvalue weighted by Crippen LogP contribution is 2.36. The summed E-state index contributed by atoms with van der Waals surface area (Å²) in [4.78, 5) is 13.5. The van der Waals surface area contributed by atoms with E-state index in [1.807, 2.05) is 0 Å². The zero-order valence-corrected chi connectivity index (χ0v) is 11.8. The molecule has 116 valence electrons. The maximum absolute atomic E-state index is 12.7. The van der Waals surface area contributed by atoms with Gasteiger partial charge in [0.15, 0.2) is 0 Å². The van der Waals surface area contributed by atoms with Crippen molar-refractivity contribution in [1.29, 1.82) is 0 Å². The molecule has 1 aliphatic rings. The normalized spacial score (nSPS) is 18.9. The van der Waals surface area contributed by atoms with Crippen LogP contribution >= 0.6 is 11.6 Å². The Hall–Kier alpha value is -1.47. The van der Waals surface area contributed by atoms with Gasteiger partial charge in [0.05, 0.1) is 10.6 Å². The Morgan fingerprint density at radius 1 is 1.48 bits per heavy atom. The summed E-state index contributed by atoms with van der Waals surface area (Å²) >= 11 is 5.53. The molecule has 1 atom stereocenters. The van der Waals surface area contributed by atoms with Crippen LogP contribution in [-0.2, 0) is 6.18 Å². The maximum Gasteiger partial charge on any atom is 0.417 e. The molecule has 0 bridgehead atoms. The fraction of sp³-hybridized carbons (Fsp3) is 0.462. The number of amides is 2. The Balaban J connectivity index is 2.08. The summed E-state index contributed by atoms with van der Waals surface area (Å²) in [5.41, 5.74) is 4.63. The minimum atomic E-state index is -4.56. The Morgan fingerprint density at radius 2 is 2.19 bits per heavy atom. The van der Waals surface area contributed by atoms with Gasteiger partial charge in [-0.15, -0.1) is 0 Å². The van der Waals surface area contributed by atoms with E-state index >= 15 is 0 Å². The first-order chi connectivity index (χ1) is 9.81. The molecule has 2 amide bonds. The third kappa shape index (κ3) is 3.79. The number of hydrogen-bond donors (Lipinski definition) is 2. The minimum Gasteiger partial charge on any atom is -0.330 e. The van der Waals surface area contributed by atoms with Gasteiger partial charge in [-0.05, 0) is 37.1 Å². The number of rotatable bonds is 2. The largest absolute Gasteiger partial charge is 0.417 e. The lowest BCUT2D eigenvalue weighted by molar-refractivity contribution is -0.137. The van der Waals surface area contributed by atoms with E-state index in [0.717, 1.165) is 18.6 Å². The summed E-state index contributed by atoms with van der Waals surface area (Å²) in [6, 6.07) is 2.86. The molecule has 1 heterocycles. The highest BCUT2D eigenvalue weighted by molar-refractivity contribution is 6.31. The third-order valence-corrected chi connectivity index (χ3v) is 3.76. The SMILES string of the molecule is NC[C@@H]1CCN(C(=O)Nc2ccc(Cl)c(C(F)(F)F)c2)C1. The van der Waals surface area contributed by atoms with Crippen molar-refractivity contribution in [3.63, 3.8) is 0 Å². The Bertz CT molecular complexity index is 536. The standard InChI is InChI=1S/C13H15ClF3N3O/c14-11-2-1-9(5-10(11)13(15,16)17)19-12(21)20-4-3-8(6-18)7-20/h1-2,5,8H,3-4,6-7,18H2,(H,19,21)/t8-/m0/s1. The van der Waals surface area contributed by atoms with Crippen molar-refractivity contribution in [3.8, 4) is 0 Å². The number of nitrogens with zero attached hydrogens (tertiary/aromatic N) is 1. The van der Waals surface area contributed by atoms with Crippen molar-refractivity contribution >= 4 is 23.3 Å². The van der Waals surface area contributed by atoms with Crippen molar-refractivity contribution < 1.29 is 18.0 Å². The van der Waals surface area contributed by atoms with Gasteiger partial charge < -0.3 is 16.0 Å². The number of alkyl halides is 3. The molecule has 0 unspecified atom stereocenters. The van der Waals surface area contributed by atoms with Gasteiger partial charge in [0, 0.05) is 18.8 Å². The number of carbonyl (C=O) groups is 1. The maximum atomic E-state index is 12.7. The molecule has 0 aromatic heterocycles. The van der Waals surface area contributed by atoms with E-state index in [9.17, 15) is 18.0 Å². The number of carbonyl (C=O) groups excluding carboxylic acids is 1. The molecule has 1 aromatic carbocycles. The Labute approximate surface area is 125 Å². The molecule has 1 aromatic rings. The second kappa shape index (κ2) is 6.11. The average molecular weight is 322 g/mol. The van der Waals surface area contributed by atoms with Crippen molar-refractivity contribution in [1.82, 2.24) is 4.90 Å². The fourth-order valence-electron chi connectivity index (χ4n) is 2.23. The number of benzene rings is 1. The van der Waals surface area contributed by atoms with Gasteiger partial charge in [-0.3, -0.25) is 0 Å². The van der Waals surface area contributed by atoms with Gasteiger partial charge in [0.2, 0.25) is 0 Å². The van der Waals surface area contributed by atoms with Gasteiger partial charge in [-0.2, -0.15) is 13.2 Å². The van der Waals surface area contributed by atoms with Crippen LogP contribution in [0.3, 0.4) is 0 Å². The molecular weight excluding hydrogens is 307 g/mol. The molecule has 1 aliphatic heterocycles. The smallest absolute Gasteiger partial charge is 0.330 e. The number of hydrogen-bond acceptors (Lipinski definition) is 2. The van der Waals surface area contributed by atoms with Crippen LogP contribution in [0.25, 0.3) is 0 Å². The average Bonchev–Trinajstić information content (AvgIpc) is 2.88. The third-order valence-electron chi connectivity index (χ3n) is 3.43. The van der Waals surface area contributed by atoms with E-state index in [4.69, 9.17) is 17.3 Å². The van der Waals surface area contributed by atoms with Crippen molar-refractivity contribution in [3.05, 3.63) is 28.8 Å². The zero-order chi connectivity index (χ0) is 15.6. The molecule has 1 fully saturated rings. The van der Waals surface area contributed by atoms with Crippen molar-refractivity contribution in [2.24, 2.45) is 11.7 Å². The summed E-state index contributed by atoms with van der Waals surface area (Å²) in [6.45, 7) is 1.55. The monoisotopic (exact) mass is 321 g/mol. The van der Waals surface area contributed by atoms with Gasteiger partial charge in [-0.25, -0.2) is 4.79 Å². The molecule has 2 rings (SSSR count). The van der Waals surface area contributed by atoms with E-state index in [1.165, 1.54) is 6.07 Å². The van der Waals surface area contributed by atoms with Crippen LogP contribution in [0.15, 0.2) is 18.2 Å². The first-order valence-electron chi connectivity index (χ1n) is 6.44. The van der Waals surface area contributed by atoms with E-state index in [1.54, 1.807) is 4.90 Å². The summed E-state index contributed by atoms with van der Waals surface area (Å²) < 4.78 is 38.2. The lowest BCUT2D eigenvalue weighted by Crippen LogP contribution is -2.33. The quantitative estimate of drug-likeness (QED) is 0.879. The molecule has 8 heteroatoms. The van der Waals surface area contributed by atoms with Crippen molar-refractivity contribution in [2.45, 2.75) is 12.6 Å². The molecular formula is C13H15ClF3N3O. The molecule has 0 radical (unpaired) electrons. The van der Waals surface area contributed by atoms with E-state index in [2.05, 4.69) is 5.32 Å². The summed E-state index contributed by atoms with van der Waals surface area (Å²) in [7, 11) is 0. The lowest BCUT2D eigenvalue weighted by atomic mass is 10.1. The van der Waals surface area contributed by atoms with Crippen LogP contribution in [-0.4, -0.2) is 30.6 Å². The van der Waals surface area contributed by atoms with Gasteiger partial charge in [-0.1, -0.05) is 11.6 Å². The number of halogens is 4. The predicted octanol–water partition coefficient (Wildman–Crippen LogP) is 3.17. The van der Waals surface area contributed by atoms with Crippen LogP contribution in [0, 0.1) is 5.92 Å². The van der Waals surface area contributed by atoms with Crippen LogP contribution in [0.4, 0.5) is 23.7 Å². The van der Waals surface area contributed by atoms with E-state index in [-0.39, 0.29) is 11.6 Å². The van der Waals surface area contributed by atoms with Crippen molar-refractivity contribution in [2.75, 3.05) is 25.0 Å². The highest BCUT2D eigenvalue weighted by Gasteiger charge is 2.33. The first kappa shape index (κ1) is 15.9. The van der Waals surface area contributed by atoms with E-state index < -0.39 is 22.8 Å². The Kier molecular flexibility index (Phi) is 4.63. The van der Waals surface area contributed by atoms with Gasteiger partial charge in [0.25, 0.3) is 0 Å². The minimum absolute atomic E-state index is 0.0629. The summed E-state index contributed by atoms with van der Waals surface area (Å²) in [5, 5.41) is 2.06. The van der Waals surface area contributed by atoms with Crippen LogP contribution < -0.4 is 11.1 Å². The molecule has 4 nitrogen and oxygen atoms in total. The van der Waals surface area contributed by atoms with Crippen LogP contribution in [0.5, 0.6) is 0 Å². The fourth-order valence-corrected chi connectivity index (χ4v) is 2.46. The number of nitrogens with two attached hydrogens (primary N) is 1. The van der Waals surface area contributed by atoms with Crippen LogP contribution in [0.2, 0.25) is 5.02 Å². The molecule has 21 heavy (non-hydrogen) atoms. The van der Waals surface area contributed by atoms with Gasteiger partial charge in [0.1, 0.15) is 0 Å². The second-order valence-electron chi connectivity index (χ2n) is 4.96. The number of nitrogens with one attached hydrogen (secondary N) is 1. The van der Waals surface area contributed by atoms with E-state index in [0.29, 0.717) is 19.6 Å². The molecule has 0 aliphatic carbocycles. The highest BCUT2D eigenvalue weighted by atomic mass is 35.5. The van der Waals surface area contributed by atoms with Crippen LogP contribution in [0.1, 0.15) is 12.0 Å². The van der Waals surface area contributed by atoms with Gasteiger partial charge >= 0.3 is 12.2 Å². The molecule has 0 spiro atoms. The first-order valence-corrected chi connectivity index (χ1v) is 6.82.